The van der Waals surface area contributed by atoms with Crippen molar-refractivity contribution in [2.45, 2.75) is 38.1 Å². The lowest BCUT2D eigenvalue weighted by Gasteiger charge is -2.28. The summed E-state index contributed by atoms with van der Waals surface area (Å²) in [5.41, 5.74) is 5.68. The number of rotatable bonds is 7. The SMILES string of the molecule is COC(=O)CCCS(=O)(=O)N(C)C1CCCC1CN. The third kappa shape index (κ3) is 4.43. The molecule has 1 aliphatic carbocycles. The molecule has 7 heteroatoms. The molecule has 0 aromatic carbocycles. The van der Waals surface area contributed by atoms with Crippen LogP contribution in [0.3, 0.4) is 0 Å². The first-order chi connectivity index (χ1) is 8.92. The number of carbonyl (C=O) groups excluding carboxylic acids is 1. The molecule has 1 aliphatic rings. The molecule has 1 rings (SSSR count). The molecule has 0 aromatic heterocycles. The minimum atomic E-state index is -3.32. The lowest BCUT2D eigenvalue weighted by Crippen LogP contribution is -2.42. The molecule has 112 valence electrons. The lowest BCUT2D eigenvalue weighted by atomic mass is 10.0. The number of nitrogens with two attached hydrogens (primary N) is 1. The van der Waals surface area contributed by atoms with Gasteiger partial charge < -0.3 is 10.5 Å². The van der Waals surface area contributed by atoms with E-state index in [1.165, 1.54) is 11.4 Å². The van der Waals surface area contributed by atoms with Crippen LogP contribution in [0, 0.1) is 5.92 Å². The van der Waals surface area contributed by atoms with Crippen molar-refractivity contribution in [3.63, 3.8) is 0 Å². The van der Waals surface area contributed by atoms with Crippen molar-refractivity contribution in [1.82, 2.24) is 4.31 Å². The largest absolute Gasteiger partial charge is 0.469 e. The molecular weight excluding hydrogens is 268 g/mol. The molecular formula is C12H24N2O4S. The highest BCUT2D eigenvalue weighted by molar-refractivity contribution is 7.89. The van der Waals surface area contributed by atoms with E-state index in [0.29, 0.717) is 13.0 Å². The summed E-state index contributed by atoms with van der Waals surface area (Å²) in [4.78, 5) is 11.0. The van der Waals surface area contributed by atoms with Crippen molar-refractivity contribution < 1.29 is 17.9 Å². The predicted molar refractivity (Wildman–Crippen MR) is 73.0 cm³/mol. The van der Waals surface area contributed by atoms with E-state index in [1.54, 1.807) is 7.05 Å². The second-order valence-corrected chi connectivity index (χ2v) is 7.15. The van der Waals surface area contributed by atoms with Gasteiger partial charge in [-0.3, -0.25) is 4.79 Å². The molecule has 0 amide bonds. The van der Waals surface area contributed by atoms with Crippen molar-refractivity contribution in [1.29, 1.82) is 0 Å². The van der Waals surface area contributed by atoms with E-state index in [-0.39, 0.29) is 30.1 Å². The van der Waals surface area contributed by atoms with E-state index in [9.17, 15) is 13.2 Å². The smallest absolute Gasteiger partial charge is 0.305 e. The Morgan fingerprint density at radius 1 is 1.42 bits per heavy atom. The van der Waals surface area contributed by atoms with Crippen LogP contribution >= 0.6 is 0 Å². The van der Waals surface area contributed by atoms with Crippen LogP contribution in [0.25, 0.3) is 0 Å². The molecule has 0 radical (unpaired) electrons. The van der Waals surface area contributed by atoms with E-state index in [0.717, 1.165) is 19.3 Å². The van der Waals surface area contributed by atoms with Crippen LogP contribution in [-0.4, -0.2) is 51.2 Å². The Morgan fingerprint density at radius 2 is 2.11 bits per heavy atom. The van der Waals surface area contributed by atoms with Crippen LogP contribution in [-0.2, 0) is 19.6 Å². The second kappa shape index (κ2) is 7.21. The molecule has 2 atom stereocenters. The number of hydrogen-bond acceptors (Lipinski definition) is 5. The van der Waals surface area contributed by atoms with E-state index < -0.39 is 10.0 Å². The maximum absolute atomic E-state index is 12.2. The van der Waals surface area contributed by atoms with E-state index in [4.69, 9.17) is 5.73 Å². The Balaban J connectivity index is 2.54. The van der Waals surface area contributed by atoms with Gasteiger partial charge in [-0.25, -0.2) is 12.7 Å². The van der Waals surface area contributed by atoms with Crippen LogP contribution in [0.15, 0.2) is 0 Å². The maximum atomic E-state index is 12.2. The molecule has 0 bridgehead atoms. The molecule has 0 aliphatic heterocycles. The van der Waals surface area contributed by atoms with Gasteiger partial charge in [-0.15, -0.1) is 0 Å². The van der Waals surface area contributed by atoms with Gasteiger partial charge in [0, 0.05) is 19.5 Å². The first kappa shape index (κ1) is 16.4. The summed E-state index contributed by atoms with van der Waals surface area (Å²) >= 11 is 0. The van der Waals surface area contributed by atoms with Gasteiger partial charge in [0.1, 0.15) is 0 Å². The molecule has 0 heterocycles. The van der Waals surface area contributed by atoms with Gasteiger partial charge in [0.2, 0.25) is 10.0 Å². The van der Waals surface area contributed by atoms with Gasteiger partial charge in [-0.1, -0.05) is 6.42 Å². The molecule has 0 aromatic rings. The normalized spacial score (nSPS) is 23.8. The van der Waals surface area contributed by atoms with Crippen LogP contribution in [0.5, 0.6) is 0 Å². The average molecular weight is 292 g/mol. The monoisotopic (exact) mass is 292 g/mol. The van der Waals surface area contributed by atoms with Crippen molar-refractivity contribution in [2.75, 3.05) is 26.5 Å². The van der Waals surface area contributed by atoms with Gasteiger partial charge in [0.15, 0.2) is 0 Å². The van der Waals surface area contributed by atoms with Crippen molar-refractivity contribution in [3.8, 4) is 0 Å². The van der Waals surface area contributed by atoms with Gasteiger partial charge in [0.05, 0.1) is 12.9 Å². The summed E-state index contributed by atoms with van der Waals surface area (Å²) in [6.07, 6.45) is 3.31. The first-order valence-corrected chi connectivity index (χ1v) is 8.26. The third-order valence-corrected chi connectivity index (χ3v) is 5.79. The Hall–Kier alpha value is -0.660. The number of methoxy groups -OCH3 is 1. The number of sulfonamides is 1. The summed E-state index contributed by atoms with van der Waals surface area (Å²) < 4.78 is 30.3. The number of carbonyl (C=O) groups is 1. The summed E-state index contributed by atoms with van der Waals surface area (Å²) in [6.45, 7) is 0.521. The minimum Gasteiger partial charge on any atom is -0.469 e. The lowest BCUT2D eigenvalue weighted by molar-refractivity contribution is -0.140. The van der Waals surface area contributed by atoms with Crippen molar-refractivity contribution in [2.24, 2.45) is 11.7 Å². The fraction of sp³-hybridized carbons (Fsp3) is 0.917. The van der Waals surface area contributed by atoms with Crippen LogP contribution < -0.4 is 5.73 Å². The molecule has 1 saturated carbocycles. The van der Waals surface area contributed by atoms with Crippen LogP contribution in [0.4, 0.5) is 0 Å². The molecule has 2 unspecified atom stereocenters. The Bertz CT molecular complexity index is 397. The molecule has 0 spiro atoms. The summed E-state index contributed by atoms with van der Waals surface area (Å²) in [6, 6.07) is 0.00752. The maximum Gasteiger partial charge on any atom is 0.305 e. The molecule has 0 saturated heterocycles. The van der Waals surface area contributed by atoms with Crippen LogP contribution in [0.1, 0.15) is 32.1 Å². The highest BCUT2D eigenvalue weighted by Crippen LogP contribution is 2.30. The number of hydrogen-bond donors (Lipinski definition) is 1. The van der Waals surface area contributed by atoms with Gasteiger partial charge in [0.25, 0.3) is 0 Å². The number of ether oxygens (including phenoxy) is 1. The zero-order valence-electron chi connectivity index (χ0n) is 11.7. The molecule has 6 nitrogen and oxygen atoms in total. The van der Waals surface area contributed by atoms with Gasteiger partial charge >= 0.3 is 5.97 Å². The van der Waals surface area contributed by atoms with E-state index in [1.807, 2.05) is 0 Å². The average Bonchev–Trinajstić information content (AvgIpc) is 2.85. The molecule has 1 fully saturated rings. The van der Waals surface area contributed by atoms with E-state index >= 15 is 0 Å². The Morgan fingerprint density at radius 3 is 2.68 bits per heavy atom. The number of esters is 1. The van der Waals surface area contributed by atoms with Gasteiger partial charge in [-0.2, -0.15) is 0 Å². The second-order valence-electron chi connectivity index (χ2n) is 5.01. The molecule has 2 N–H and O–H groups in total. The predicted octanol–water partition coefficient (Wildman–Crippen LogP) is 0.329. The zero-order chi connectivity index (χ0) is 14.5. The first-order valence-electron chi connectivity index (χ1n) is 6.65. The third-order valence-electron chi connectivity index (χ3n) is 3.84. The van der Waals surface area contributed by atoms with Crippen molar-refractivity contribution in [3.05, 3.63) is 0 Å². The standard InChI is InChI=1S/C12H24N2O4S/c1-14(11-6-3-5-10(11)9-13)19(16,17)8-4-7-12(15)18-2/h10-11H,3-9,13H2,1-2H3. The summed E-state index contributed by atoms with van der Waals surface area (Å²) in [5.74, 6) is -0.147. The summed E-state index contributed by atoms with van der Waals surface area (Å²) in [5, 5.41) is 0. The quantitative estimate of drug-likeness (QED) is 0.683. The highest BCUT2D eigenvalue weighted by atomic mass is 32.2. The molecule has 19 heavy (non-hydrogen) atoms. The topological polar surface area (TPSA) is 89.7 Å². The van der Waals surface area contributed by atoms with E-state index in [2.05, 4.69) is 4.74 Å². The fourth-order valence-corrected chi connectivity index (χ4v) is 4.11. The highest BCUT2D eigenvalue weighted by Gasteiger charge is 2.34. The zero-order valence-corrected chi connectivity index (χ0v) is 12.5. The van der Waals surface area contributed by atoms with Gasteiger partial charge in [-0.05, 0) is 31.7 Å². The summed E-state index contributed by atoms with van der Waals surface area (Å²) in [7, 11) is -0.404. The number of nitrogens with zero attached hydrogens (tertiary/aromatic N) is 1. The minimum absolute atomic E-state index is 0.00752. The Labute approximate surface area is 115 Å². The Kier molecular flexibility index (Phi) is 6.22. The van der Waals surface area contributed by atoms with Crippen LogP contribution in [0.2, 0.25) is 0 Å². The fourth-order valence-electron chi connectivity index (χ4n) is 2.62. The van der Waals surface area contributed by atoms with Crippen molar-refractivity contribution >= 4 is 16.0 Å².